The summed E-state index contributed by atoms with van der Waals surface area (Å²) in [6.07, 6.45) is 3.42. The summed E-state index contributed by atoms with van der Waals surface area (Å²) in [7, 11) is 0. The van der Waals surface area contributed by atoms with Crippen molar-refractivity contribution >= 4 is 40.2 Å². The quantitative estimate of drug-likeness (QED) is 0.187. The zero-order valence-electron chi connectivity index (χ0n) is 22.6. The van der Waals surface area contributed by atoms with Crippen molar-refractivity contribution in [3.63, 3.8) is 0 Å². The van der Waals surface area contributed by atoms with Crippen LogP contribution < -0.4 is 9.47 Å². The number of hydrogen-bond acceptors (Lipinski definition) is 7. The number of ether oxygens (including phenoxy) is 2. The van der Waals surface area contributed by atoms with E-state index >= 15 is 0 Å². The minimum atomic E-state index is -0.975. The number of hydrogen-bond donors (Lipinski definition) is 1. The highest BCUT2D eigenvalue weighted by molar-refractivity contribution is 6.35. The molecule has 9 nitrogen and oxygen atoms in total. The van der Waals surface area contributed by atoms with Crippen LogP contribution in [0.3, 0.4) is 0 Å². The lowest BCUT2D eigenvalue weighted by Gasteiger charge is -2.32. The van der Waals surface area contributed by atoms with Crippen LogP contribution in [0.5, 0.6) is 11.5 Å². The van der Waals surface area contributed by atoms with Crippen LogP contribution in [0.2, 0.25) is 10.0 Å². The summed E-state index contributed by atoms with van der Waals surface area (Å²) in [6, 6.07) is 19.9. The molecule has 11 heteroatoms. The Kier molecular flexibility index (Phi) is 8.32. The molecule has 42 heavy (non-hydrogen) atoms. The zero-order chi connectivity index (χ0) is 29.1. The molecule has 0 amide bonds. The van der Waals surface area contributed by atoms with E-state index in [4.69, 9.17) is 42.2 Å². The maximum atomic E-state index is 11.6. The third-order valence-electron chi connectivity index (χ3n) is 7.27. The molecule has 0 unspecified atom stereocenters. The Balaban J connectivity index is 1.08. The van der Waals surface area contributed by atoms with Crippen molar-refractivity contribution in [1.82, 2.24) is 19.6 Å². The van der Waals surface area contributed by atoms with Crippen LogP contribution in [0, 0.1) is 0 Å². The first kappa shape index (κ1) is 28.1. The third-order valence-corrected chi connectivity index (χ3v) is 7.80. The highest BCUT2D eigenvalue weighted by Gasteiger charge is 2.23. The molecule has 1 fully saturated rings. The number of imidazole rings is 1. The van der Waals surface area contributed by atoms with Gasteiger partial charge in [-0.25, -0.2) is 9.78 Å². The fourth-order valence-corrected chi connectivity index (χ4v) is 5.58. The van der Waals surface area contributed by atoms with Crippen molar-refractivity contribution in [2.45, 2.75) is 38.6 Å². The van der Waals surface area contributed by atoms with Crippen molar-refractivity contribution in [2.24, 2.45) is 0 Å². The maximum absolute atomic E-state index is 11.6. The second kappa shape index (κ2) is 12.4. The van der Waals surface area contributed by atoms with Gasteiger partial charge in [0.1, 0.15) is 30.0 Å². The van der Waals surface area contributed by atoms with Crippen LogP contribution >= 0.6 is 23.2 Å². The highest BCUT2D eigenvalue weighted by atomic mass is 35.5. The molecule has 0 bridgehead atoms. The van der Waals surface area contributed by atoms with Crippen LogP contribution in [-0.2, 0) is 19.7 Å². The summed E-state index contributed by atoms with van der Waals surface area (Å²) in [6.45, 7) is 3.08. The number of piperidine rings is 1. The monoisotopic (exact) mass is 606 g/mol. The van der Waals surface area contributed by atoms with E-state index in [0.717, 1.165) is 54.1 Å². The molecular formula is C31H28Cl2N4O5. The summed E-state index contributed by atoms with van der Waals surface area (Å²) in [5.41, 5.74) is 2.69. The van der Waals surface area contributed by atoms with Gasteiger partial charge in [0, 0.05) is 24.2 Å². The summed E-state index contributed by atoms with van der Waals surface area (Å²) in [4.78, 5) is 18.8. The molecular weight excluding hydrogens is 579 g/mol. The van der Waals surface area contributed by atoms with Crippen molar-refractivity contribution < 1.29 is 23.9 Å². The Morgan fingerprint density at radius 2 is 1.88 bits per heavy atom. The summed E-state index contributed by atoms with van der Waals surface area (Å²) >= 11 is 12.2. The summed E-state index contributed by atoms with van der Waals surface area (Å²) in [5, 5.41) is 14.3. The molecule has 3 heterocycles. The van der Waals surface area contributed by atoms with E-state index in [1.807, 2.05) is 28.8 Å². The van der Waals surface area contributed by atoms with Gasteiger partial charge in [0.25, 0.3) is 0 Å². The minimum Gasteiger partial charge on any atom is -0.490 e. The molecule has 3 aromatic carbocycles. The average molecular weight is 607 g/mol. The molecule has 0 saturated carbocycles. The number of rotatable bonds is 10. The molecule has 1 aliphatic rings. The van der Waals surface area contributed by atoms with Gasteiger partial charge >= 0.3 is 5.97 Å². The number of likely N-dealkylation sites (tertiary alicyclic amines) is 1. The molecule has 5 aromatic rings. The van der Waals surface area contributed by atoms with Crippen LogP contribution in [0.15, 0.2) is 77.4 Å². The van der Waals surface area contributed by atoms with E-state index < -0.39 is 5.97 Å². The molecule has 0 atom stereocenters. The number of carboxylic acid groups (broad SMARTS) is 1. The third kappa shape index (κ3) is 6.54. The largest absolute Gasteiger partial charge is 0.490 e. The van der Waals surface area contributed by atoms with E-state index in [2.05, 4.69) is 10.1 Å². The van der Waals surface area contributed by atoms with E-state index in [9.17, 15) is 9.90 Å². The Bertz CT molecular complexity index is 1700. The van der Waals surface area contributed by atoms with Crippen molar-refractivity contribution in [2.75, 3.05) is 13.1 Å². The standard InChI is InChI=1S/C31H28Cl2N4O5/c32-22-5-7-29(26(33)16-22)40-19-20-2-1-3-24(14-20)41-23-9-12-36(13-10-23)18-30-35-27-6-4-21(31(38)39)15-28(27)37(30)17-25-8-11-34-42-25/h1-8,11,14-16,23H,9-10,12-13,17-19H2,(H,38,39). The molecule has 0 aliphatic carbocycles. The number of fused-ring (bicyclic) bond motifs is 1. The van der Waals surface area contributed by atoms with Crippen LogP contribution in [0.4, 0.5) is 0 Å². The van der Waals surface area contributed by atoms with Gasteiger partial charge < -0.3 is 23.7 Å². The van der Waals surface area contributed by atoms with Crippen molar-refractivity contribution in [1.29, 1.82) is 0 Å². The number of benzene rings is 3. The number of aromatic nitrogens is 3. The highest BCUT2D eigenvalue weighted by Crippen LogP contribution is 2.29. The lowest BCUT2D eigenvalue weighted by Crippen LogP contribution is -2.38. The average Bonchev–Trinajstić information content (AvgIpc) is 3.62. The number of carbonyl (C=O) groups is 1. The summed E-state index contributed by atoms with van der Waals surface area (Å²) < 4.78 is 19.6. The van der Waals surface area contributed by atoms with Gasteiger partial charge in [-0.05, 0) is 66.9 Å². The summed E-state index contributed by atoms with van der Waals surface area (Å²) in [5.74, 6) is 1.93. The SMILES string of the molecule is O=C(O)c1ccc2nc(CN3CCC(Oc4cccc(COc5ccc(Cl)cc5Cl)c4)CC3)n(Cc3ccno3)c2c1. The van der Waals surface area contributed by atoms with Gasteiger partial charge in [0.05, 0.1) is 40.9 Å². The second-order valence-corrected chi connectivity index (χ2v) is 11.0. The second-order valence-electron chi connectivity index (χ2n) is 10.2. The smallest absolute Gasteiger partial charge is 0.335 e. The van der Waals surface area contributed by atoms with Gasteiger partial charge in [-0.2, -0.15) is 0 Å². The fourth-order valence-electron chi connectivity index (χ4n) is 5.12. The van der Waals surface area contributed by atoms with Gasteiger partial charge in [0.2, 0.25) is 0 Å². The molecule has 6 rings (SSSR count). The predicted octanol–water partition coefficient (Wildman–Crippen LogP) is 6.70. The number of aromatic carboxylic acids is 1. The number of nitrogens with zero attached hydrogens (tertiary/aromatic N) is 4. The Hall–Kier alpha value is -4.05. The normalized spacial score (nSPS) is 14.3. The molecule has 1 N–H and O–H groups in total. The first-order valence-electron chi connectivity index (χ1n) is 13.6. The van der Waals surface area contributed by atoms with Crippen molar-refractivity contribution in [3.8, 4) is 11.5 Å². The molecule has 0 radical (unpaired) electrons. The molecule has 1 aliphatic heterocycles. The minimum absolute atomic E-state index is 0.0919. The topological polar surface area (TPSA) is 103 Å². The van der Waals surface area contributed by atoms with Gasteiger partial charge in [0.15, 0.2) is 5.76 Å². The van der Waals surface area contributed by atoms with Crippen molar-refractivity contribution in [3.05, 3.63) is 106 Å². The zero-order valence-corrected chi connectivity index (χ0v) is 24.1. The lowest BCUT2D eigenvalue weighted by atomic mass is 10.1. The van der Waals surface area contributed by atoms with Gasteiger partial charge in [-0.15, -0.1) is 0 Å². The fraction of sp³-hybridized carbons (Fsp3) is 0.258. The molecule has 216 valence electrons. The van der Waals surface area contributed by atoms with Crippen LogP contribution in [-0.4, -0.2) is 49.9 Å². The predicted molar refractivity (Wildman–Crippen MR) is 158 cm³/mol. The van der Waals surface area contributed by atoms with E-state index in [-0.39, 0.29) is 11.7 Å². The first-order chi connectivity index (χ1) is 20.4. The lowest BCUT2D eigenvalue weighted by molar-refractivity contribution is 0.0697. The molecule has 2 aromatic heterocycles. The molecule has 1 saturated heterocycles. The van der Waals surface area contributed by atoms with Gasteiger partial charge in [-0.3, -0.25) is 4.90 Å². The Morgan fingerprint density at radius 1 is 1.02 bits per heavy atom. The van der Waals surface area contributed by atoms with E-state index in [1.54, 1.807) is 48.7 Å². The molecule has 0 spiro atoms. The van der Waals surface area contributed by atoms with Crippen LogP contribution in [0.1, 0.15) is 40.3 Å². The van der Waals surface area contributed by atoms with E-state index in [1.165, 1.54) is 0 Å². The van der Waals surface area contributed by atoms with E-state index in [0.29, 0.717) is 41.3 Å². The Labute approximate surface area is 252 Å². The Morgan fingerprint density at radius 3 is 2.64 bits per heavy atom. The van der Waals surface area contributed by atoms with Crippen LogP contribution in [0.25, 0.3) is 11.0 Å². The van der Waals surface area contributed by atoms with Gasteiger partial charge in [-0.1, -0.05) is 40.5 Å². The first-order valence-corrected chi connectivity index (χ1v) is 14.3. The number of halogens is 2. The maximum Gasteiger partial charge on any atom is 0.335 e. The number of carboxylic acids is 1.